The largest absolute Gasteiger partial charge is 0.330 e. The van der Waals surface area contributed by atoms with E-state index in [0.29, 0.717) is 0 Å². The molecule has 0 atom stereocenters. The number of nitrogens with zero attached hydrogens (tertiary/aromatic N) is 2. The van der Waals surface area contributed by atoms with Crippen molar-refractivity contribution in [2.45, 2.75) is 51.4 Å². The molecule has 16 heavy (non-hydrogen) atoms. The lowest BCUT2D eigenvalue weighted by Gasteiger charge is -2.06. The lowest BCUT2D eigenvalue weighted by molar-refractivity contribution is 0.746. The SMILES string of the molecule is CCCc1cc(C2CC2)nc(CCCN)n1. The Balaban J connectivity index is 2.14. The zero-order valence-corrected chi connectivity index (χ0v) is 10.1. The van der Waals surface area contributed by atoms with Gasteiger partial charge in [-0.3, -0.25) is 0 Å². The van der Waals surface area contributed by atoms with Crippen LogP contribution in [0.15, 0.2) is 6.07 Å². The molecule has 88 valence electrons. The van der Waals surface area contributed by atoms with Gasteiger partial charge in [-0.25, -0.2) is 9.97 Å². The van der Waals surface area contributed by atoms with E-state index in [1.54, 1.807) is 0 Å². The maximum atomic E-state index is 5.53. The first-order chi connectivity index (χ1) is 7.83. The molecule has 0 unspecified atom stereocenters. The van der Waals surface area contributed by atoms with Crippen LogP contribution < -0.4 is 5.73 Å². The number of hydrogen-bond donors (Lipinski definition) is 1. The molecule has 2 rings (SSSR count). The molecular weight excluding hydrogens is 198 g/mol. The van der Waals surface area contributed by atoms with Crippen LogP contribution in [0.1, 0.15) is 55.7 Å². The van der Waals surface area contributed by atoms with Crippen molar-refractivity contribution in [2.24, 2.45) is 5.73 Å². The normalized spacial score (nSPS) is 15.4. The highest BCUT2D eigenvalue weighted by molar-refractivity contribution is 5.19. The molecular formula is C13H21N3. The van der Waals surface area contributed by atoms with Gasteiger partial charge in [0.25, 0.3) is 0 Å². The molecule has 0 aromatic carbocycles. The van der Waals surface area contributed by atoms with Crippen LogP contribution in [0.3, 0.4) is 0 Å². The van der Waals surface area contributed by atoms with E-state index in [1.807, 2.05) is 0 Å². The molecule has 1 saturated carbocycles. The van der Waals surface area contributed by atoms with Gasteiger partial charge in [0.1, 0.15) is 5.82 Å². The van der Waals surface area contributed by atoms with E-state index in [4.69, 9.17) is 5.73 Å². The first kappa shape index (κ1) is 11.5. The topological polar surface area (TPSA) is 51.8 Å². The highest BCUT2D eigenvalue weighted by Crippen LogP contribution is 2.39. The van der Waals surface area contributed by atoms with Crippen LogP contribution in [-0.2, 0) is 12.8 Å². The average molecular weight is 219 g/mol. The maximum Gasteiger partial charge on any atom is 0.128 e. The van der Waals surface area contributed by atoms with Gasteiger partial charge in [-0.2, -0.15) is 0 Å². The summed E-state index contributed by atoms with van der Waals surface area (Å²) in [6.45, 7) is 2.92. The van der Waals surface area contributed by atoms with Crippen LogP contribution >= 0.6 is 0 Å². The molecule has 0 radical (unpaired) electrons. The molecule has 0 bridgehead atoms. The molecule has 1 aromatic rings. The predicted molar refractivity (Wildman–Crippen MR) is 65.4 cm³/mol. The summed E-state index contributed by atoms with van der Waals surface area (Å²) in [5.74, 6) is 1.72. The minimum absolute atomic E-state index is 0.718. The van der Waals surface area contributed by atoms with Crippen LogP contribution in [0.25, 0.3) is 0 Å². The van der Waals surface area contributed by atoms with Gasteiger partial charge in [-0.05, 0) is 38.3 Å². The number of aromatic nitrogens is 2. The van der Waals surface area contributed by atoms with Crippen LogP contribution in [0.4, 0.5) is 0 Å². The van der Waals surface area contributed by atoms with Crippen LogP contribution in [0, 0.1) is 0 Å². The number of hydrogen-bond acceptors (Lipinski definition) is 3. The van der Waals surface area contributed by atoms with Crippen molar-refractivity contribution in [3.63, 3.8) is 0 Å². The van der Waals surface area contributed by atoms with Crippen LogP contribution in [0.2, 0.25) is 0 Å². The third-order valence-corrected chi connectivity index (χ3v) is 2.95. The first-order valence-electron chi connectivity index (χ1n) is 6.40. The van der Waals surface area contributed by atoms with Crippen molar-refractivity contribution in [1.29, 1.82) is 0 Å². The summed E-state index contributed by atoms with van der Waals surface area (Å²) in [6.07, 6.45) is 6.74. The Kier molecular flexibility index (Phi) is 3.88. The summed E-state index contributed by atoms with van der Waals surface area (Å²) in [5.41, 5.74) is 8.01. The minimum atomic E-state index is 0.718. The van der Waals surface area contributed by atoms with Crippen molar-refractivity contribution in [1.82, 2.24) is 9.97 Å². The van der Waals surface area contributed by atoms with Gasteiger partial charge in [-0.1, -0.05) is 13.3 Å². The van der Waals surface area contributed by atoms with Crippen LogP contribution in [0.5, 0.6) is 0 Å². The minimum Gasteiger partial charge on any atom is -0.330 e. The summed E-state index contributed by atoms with van der Waals surface area (Å²) in [5, 5.41) is 0. The molecule has 1 aliphatic rings. The summed E-state index contributed by atoms with van der Waals surface area (Å²) >= 11 is 0. The second kappa shape index (κ2) is 5.39. The molecule has 1 aliphatic carbocycles. The fraction of sp³-hybridized carbons (Fsp3) is 0.692. The molecule has 0 amide bonds. The van der Waals surface area contributed by atoms with E-state index in [9.17, 15) is 0 Å². The van der Waals surface area contributed by atoms with Crippen molar-refractivity contribution in [3.05, 3.63) is 23.3 Å². The summed E-state index contributed by atoms with van der Waals surface area (Å²) in [4.78, 5) is 9.25. The van der Waals surface area contributed by atoms with E-state index in [2.05, 4.69) is 23.0 Å². The second-order valence-corrected chi connectivity index (χ2v) is 4.62. The van der Waals surface area contributed by atoms with E-state index < -0.39 is 0 Å². The Labute approximate surface area is 97.5 Å². The van der Waals surface area contributed by atoms with E-state index in [0.717, 1.165) is 44.0 Å². The quantitative estimate of drug-likeness (QED) is 0.798. The maximum absolute atomic E-state index is 5.53. The molecule has 3 heteroatoms. The number of aryl methyl sites for hydroxylation is 2. The van der Waals surface area contributed by atoms with Gasteiger partial charge in [0.2, 0.25) is 0 Å². The van der Waals surface area contributed by atoms with E-state index >= 15 is 0 Å². The molecule has 1 fully saturated rings. The fourth-order valence-corrected chi connectivity index (χ4v) is 1.92. The second-order valence-electron chi connectivity index (χ2n) is 4.62. The van der Waals surface area contributed by atoms with Gasteiger partial charge < -0.3 is 5.73 Å². The van der Waals surface area contributed by atoms with Crippen molar-refractivity contribution in [2.75, 3.05) is 6.54 Å². The van der Waals surface area contributed by atoms with Gasteiger partial charge in [-0.15, -0.1) is 0 Å². The third kappa shape index (κ3) is 3.01. The predicted octanol–water partition coefficient (Wildman–Crippen LogP) is 2.20. The Morgan fingerprint density at radius 2 is 2.12 bits per heavy atom. The monoisotopic (exact) mass is 219 g/mol. The summed E-state index contributed by atoms with van der Waals surface area (Å²) in [6, 6.07) is 2.20. The molecule has 0 spiro atoms. The molecule has 2 N–H and O–H groups in total. The standard InChI is InChI=1S/C13H21N3/c1-2-4-11-9-12(10-6-7-10)16-13(15-11)5-3-8-14/h9-10H,2-8,14H2,1H3. The highest BCUT2D eigenvalue weighted by Gasteiger charge is 2.25. The average Bonchev–Trinajstić information content (AvgIpc) is 3.10. The Morgan fingerprint density at radius 3 is 2.75 bits per heavy atom. The fourth-order valence-electron chi connectivity index (χ4n) is 1.92. The highest BCUT2D eigenvalue weighted by atomic mass is 14.9. The number of nitrogens with two attached hydrogens (primary N) is 1. The number of rotatable bonds is 6. The zero-order valence-electron chi connectivity index (χ0n) is 10.1. The molecule has 0 aliphatic heterocycles. The van der Waals surface area contributed by atoms with Gasteiger partial charge >= 0.3 is 0 Å². The molecule has 3 nitrogen and oxygen atoms in total. The van der Waals surface area contributed by atoms with Crippen LogP contribution in [-0.4, -0.2) is 16.5 Å². The third-order valence-electron chi connectivity index (χ3n) is 2.95. The summed E-state index contributed by atoms with van der Waals surface area (Å²) < 4.78 is 0. The van der Waals surface area contributed by atoms with Gasteiger partial charge in [0, 0.05) is 23.7 Å². The summed E-state index contributed by atoms with van der Waals surface area (Å²) in [7, 11) is 0. The molecule has 1 aromatic heterocycles. The smallest absolute Gasteiger partial charge is 0.128 e. The van der Waals surface area contributed by atoms with Gasteiger partial charge in [0.15, 0.2) is 0 Å². The lowest BCUT2D eigenvalue weighted by atomic mass is 10.1. The van der Waals surface area contributed by atoms with Crippen molar-refractivity contribution < 1.29 is 0 Å². The molecule has 1 heterocycles. The lowest BCUT2D eigenvalue weighted by Crippen LogP contribution is -2.06. The Hall–Kier alpha value is -0.960. The zero-order chi connectivity index (χ0) is 11.4. The molecule has 0 saturated heterocycles. The Bertz CT molecular complexity index is 345. The first-order valence-corrected chi connectivity index (χ1v) is 6.40. The van der Waals surface area contributed by atoms with Gasteiger partial charge in [0.05, 0.1) is 0 Å². The van der Waals surface area contributed by atoms with Crippen molar-refractivity contribution >= 4 is 0 Å². The van der Waals surface area contributed by atoms with Crippen molar-refractivity contribution in [3.8, 4) is 0 Å². The Morgan fingerprint density at radius 1 is 1.31 bits per heavy atom. The van der Waals surface area contributed by atoms with E-state index in [-0.39, 0.29) is 0 Å². The van der Waals surface area contributed by atoms with E-state index in [1.165, 1.54) is 24.2 Å².